The van der Waals surface area contributed by atoms with Crippen molar-refractivity contribution < 1.29 is 24.6 Å². The fourth-order valence-corrected chi connectivity index (χ4v) is 2.40. The first-order chi connectivity index (χ1) is 12.3. The van der Waals surface area contributed by atoms with Gasteiger partial charge in [-0.15, -0.1) is 0 Å². The number of allylic oxidation sites excluding steroid dienone is 1. The number of carboxylic acids is 1. The van der Waals surface area contributed by atoms with E-state index in [1.165, 1.54) is 30.3 Å². The van der Waals surface area contributed by atoms with Crippen molar-refractivity contribution in [3.05, 3.63) is 70.3 Å². The predicted octanol–water partition coefficient (Wildman–Crippen LogP) is 2.72. The summed E-state index contributed by atoms with van der Waals surface area (Å²) in [5.74, 6) is -1.64. The number of amides is 1. The van der Waals surface area contributed by atoms with Gasteiger partial charge in [-0.05, 0) is 60.9 Å². The number of phenols is 1. The number of nitrogens with one attached hydrogen (secondary N) is 1. The largest absolute Gasteiger partial charge is 0.507 e. The molecule has 2 aromatic carbocycles. The Morgan fingerprint density at radius 2 is 1.54 bits per heavy atom. The highest BCUT2D eigenvalue weighted by molar-refractivity contribution is 6.07. The Hall–Kier alpha value is -3.41. The molecule has 0 spiro atoms. The second kappa shape index (κ2) is 8.11. The molecule has 0 aliphatic heterocycles. The van der Waals surface area contributed by atoms with Gasteiger partial charge < -0.3 is 15.5 Å². The van der Waals surface area contributed by atoms with Crippen LogP contribution < -0.4 is 5.32 Å². The zero-order chi connectivity index (χ0) is 19.3. The van der Waals surface area contributed by atoms with E-state index in [0.29, 0.717) is 5.56 Å². The number of benzene rings is 2. The number of carbonyl (C=O) groups is 3. The first-order valence-corrected chi connectivity index (χ1v) is 7.90. The van der Waals surface area contributed by atoms with E-state index in [1.54, 1.807) is 32.1 Å². The van der Waals surface area contributed by atoms with Gasteiger partial charge in [0.05, 0.1) is 0 Å². The number of aromatic hydroxyl groups is 1. The number of ketones is 1. The van der Waals surface area contributed by atoms with Gasteiger partial charge in [-0.3, -0.25) is 14.4 Å². The summed E-state index contributed by atoms with van der Waals surface area (Å²) in [5, 5.41) is 20.6. The molecule has 0 aliphatic carbocycles. The van der Waals surface area contributed by atoms with Crippen LogP contribution >= 0.6 is 0 Å². The molecule has 0 fully saturated rings. The summed E-state index contributed by atoms with van der Waals surface area (Å²) in [6.07, 6.45) is 3.08. The van der Waals surface area contributed by atoms with Gasteiger partial charge in [0.2, 0.25) is 0 Å². The number of hydrogen-bond donors (Lipinski definition) is 3. The molecule has 6 heteroatoms. The number of phenolic OH excluding ortho intramolecular Hbond substituents is 1. The number of rotatable bonds is 6. The second-order valence-corrected chi connectivity index (χ2v) is 5.85. The van der Waals surface area contributed by atoms with E-state index in [0.717, 1.165) is 16.7 Å². The van der Waals surface area contributed by atoms with Crippen molar-refractivity contribution in [3.8, 4) is 5.75 Å². The molecule has 3 N–H and O–H groups in total. The lowest BCUT2D eigenvalue weighted by Gasteiger charge is -2.05. The van der Waals surface area contributed by atoms with Gasteiger partial charge in [0.25, 0.3) is 5.91 Å². The summed E-state index contributed by atoms with van der Waals surface area (Å²) in [5.41, 5.74) is 2.94. The third kappa shape index (κ3) is 4.80. The van der Waals surface area contributed by atoms with Gasteiger partial charge in [0.15, 0.2) is 5.78 Å². The normalized spacial score (nSPS) is 10.7. The SMILES string of the molecule is Cc1cc(/C=C/C(=O)c2ccc(C(=O)NCC(=O)O)cc2)cc(C)c1O. The molecule has 0 bridgehead atoms. The maximum absolute atomic E-state index is 12.2. The second-order valence-electron chi connectivity index (χ2n) is 5.85. The van der Waals surface area contributed by atoms with Gasteiger partial charge >= 0.3 is 5.97 Å². The topological polar surface area (TPSA) is 104 Å². The number of carboxylic acid groups (broad SMARTS) is 1. The molecule has 0 saturated heterocycles. The van der Waals surface area contributed by atoms with E-state index >= 15 is 0 Å². The van der Waals surface area contributed by atoms with Crippen LogP contribution in [0.4, 0.5) is 0 Å². The van der Waals surface area contributed by atoms with Crippen LogP contribution in [0.25, 0.3) is 6.08 Å². The Bertz CT molecular complexity index is 859. The molecule has 0 saturated carbocycles. The molecule has 0 aliphatic rings. The van der Waals surface area contributed by atoms with Gasteiger partial charge in [0.1, 0.15) is 12.3 Å². The fourth-order valence-electron chi connectivity index (χ4n) is 2.40. The molecule has 2 aromatic rings. The van der Waals surface area contributed by atoms with E-state index in [2.05, 4.69) is 5.32 Å². The van der Waals surface area contributed by atoms with Crippen LogP contribution in [0.15, 0.2) is 42.5 Å². The fraction of sp³-hybridized carbons (Fsp3) is 0.150. The van der Waals surface area contributed by atoms with Crippen molar-refractivity contribution in [2.45, 2.75) is 13.8 Å². The number of carbonyl (C=O) groups excluding carboxylic acids is 2. The minimum atomic E-state index is -1.13. The average Bonchev–Trinajstić information content (AvgIpc) is 2.62. The number of aryl methyl sites for hydroxylation is 2. The molecule has 0 aromatic heterocycles. The third-order valence-electron chi connectivity index (χ3n) is 3.77. The highest BCUT2D eigenvalue weighted by Crippen LogP contribution is 2.23. The first kappa shape index (κ1) is 18.9. The van der Waals surface area contributed by atoms with Crippen molar-refractivity contribution in [1.29, 1.82) is 0 Å². The summed E-state index contributed by atoms with van der Waals surface area (Å²) in [4.78, 5) is 34.4. The maximum Gasteiger partial charge on any atom is 0.322 e. The van der Waals surface area contributed by atoms with Gasteiger partial charge in [0, 0.05) is 11.1 Å². The average molecular weight is 353 g/mol. The Morgan fingerprint density at radius 1 is 1.00 bits per heavy atom. The lowest BCUT2D eigenvalue weighted by atomic mass is 10.0. The van der Waals surface area contributed by atoms with Crippen LogP contribution in [0.2, 0.25) is 0 Å². The molecule has 0 radical (unpaired) electrons. The van der Waals surface area contributed by atoms with Crippen LogP contribution in [0.5, 0.6) is 5.75 Å². The molecule has 1 amide bonds. The van der Waals surface area contributed by atoms with Crippen LogP contribution in [0.3, 0.4) is 0 Å². The molecule has 134 valence electrons. The Balaban J connectivity index is 2.08. The minimum Gasteiger partial charge on any atom is -0.507 e. The molecule has 0 atom stereocenters. The van der Waals surface area contributed by atoms with Crippen molar-refractivity contribution in [2.24, 2.45) is 0 Å². The van der Waals surface area contributed by atoms with Gasteiger partial charge in [-0.2, -0.15) is 0 Å². The lowest BCUT2D eigenvalue weighted by molar-refractivity contribution is -0.135. The zero-order valence-corrected chi connectivity index (χ0v) is 14.4. The Labute approximate surface area is 150 Å². The number of aliphatic carboxylic acids is 1. The van der Waals surface area contributed by atoms with Crippen molar-refractivity contribution >= 4 is 23.7 Å². The highest BCUT2D eigenvalue weighted by Gasteiger charge is 2.09. The van der Waals surface area contributed by atoms with Crippen LogP contribution in [0, 0.1) is 13.8 Å². The Morgan fingerprint density at radius 3 is 2.08 bits per heavy atom. The monoisotopic (exact) mass is 353 g/mol. The molecule has 2 rings (SSSR count). The third-order valence-corrected chi connectivity index (χ3v) is 3.77. The van der Waals surface area contributed by atoms with Crippen molar-refractivity contribution in [2.75, 3.05) is 6.54 Å². The van der Waals surface area contributed by atoms with E-state index in [1.807, 2.05) is 0 Å². The van der Waals surface area contributed by atoms with Crippen LogP contribution in [-0.4, -0.2) is 34.4 Å². The van der Waals surface area contributed by atoms with E-state index in [9.17, 15) is 19.5 Å². The predicted molar refractivity (Wildman–Crippen MR) is 97.4 cm³/mol. The molecule has 0 heterocycles. The summed E-state index contributed by atoms with van der Waals surface area (Å²) in [7, 11) is 0. The highest BCUT2D eigenvalue weighted by atomic mass is 16.4. The summed E-state index contributed by atoms with van der Waals surface area (Å²) in [6, 6.07) is 9.51. The molecule has 0 unspecified atom stereocenters. The lowest BCUT2D eigenvalue weighted by Crippen LogP contribution is -2.29. The van der Waals surface area contributed by atoms with Crippen LogP contribution in [-0.2, 0) is 4.79 Å². The number of hydrogen-bond acceptors (Lipinski definition) is 4. The first-order valence-electron chi connectivity index (χ1n) is 7.90. The van der Waals surface area contributed by atoms with E-state index < -0.39 is 18.4 Å². The van der Waals surface area contributed by atoms with E-state index in [-0.39, 0.29) is 17.1 Å². The van der Waals surface area contributed by atoms with Crippen molar-refractivity contribution in [3.63, 3.8) is 0 Å². The standard InChI is InChI=1S/C20H19NO5/c1-12-9-14(10-13(2)19(12)25)3-8-17(22)15-4-6-16(7-5-15)20(26)21-11-18(23)24/h3-10,25H,11H2,1-2H3,(H,21,26)(H,23,24)/b8-3+. The zero-order valence-electron chi connectivity index (χ0n) is 14.4. The van der Waals surface area contributed by atoms with Crippen LogP contribution in [0.1, 0.15) is 37.4 Å². The summed E-state index contributed by atoms with van der Waals surface area (Å²) < 4.78 is 0. The van der Waals surface area contributed by atoms with Crippen molar-refractivity contribution in [1.82, 2.24) is 5.32 Å². The molecular weight excluding hydrogens is 334 g/mol. The maximum atomic E-state index is 12.2. The van der Waals surface area contributed by atoms with Gasteiger partial charge in [-0.1, -0.05) is 18.2 Å². The summed E-state index contributed by atoms with van der Waals surface area (Å²) in [6.45, 7) is 3.11. The molecule has 6 nitrogen and oxygen atoms in total. The minimum absolute atomic E-state index is 0.231. The van der Waals surface area contributed by atoms with Gasteiger partial charge in [-0.25, -0.2) is 0 Å². The quantitative estimate of drug-likeness (QED) is 0.547. The molecular formula is C20H19NO5. The Kier molecular flexibility index (Phi) is 5.90. The van der Waals surface area contributed by atoms with E-state index in [4.69, 9.17) is 5.11 Å². The summed E-state index contributed by atoms with van der Waals surface area (Å²) >= 11 is 0. The smallest absolute Gasteiger partial charge is 0.322 e. The molecule has 26 heavy (non-hydrogen) atoms.